The number of rotatable bonds is 5. The van der Waals surface area contributed by atoms with Crippen molar-refractivity contribution in [2.75, 3.05) is 13.2 Å². The van der Waals surface area contributed by atoms with Crippen LogP contribution < -0.4 is 0 Å². The van der Waals surface area contributed by atoms with Crippen molar-refractivity contribution in [2.45, 2.75) is 20.0 Å². The molecule has 0 aliphatic carbocycles. The summed E-state index contributed by atoms with van der Waals surface area (Å²) < 4.78 is 9.09. The molecule has 0 rings (SSSR count). The second-order valence-corrected chi connectivity index (χ2v) is 2.56. The highest BCUT2D eigenvalue weighted by atomic mass is 16.5. The first-order valence-electron chi connectivity index (χ1n) is 4.16. The van der Waals surface area contributed by atoms with E-state index in [9.17, 15) is 14.7 Å². The zero-order valence-electron chi connectivity index (χ0n) is 8.28. The number of esters is 2. The minimum Gasteiger partial charge on any atom is -0.463 e. The molecule has 0 radical (unpaired) electrons. The van der Waals surface area contributed by atoms with Gasteiger partial charge in [-0.25, -0.2) is 4.79 Å². The topological polar surface area (TPSA) is 72.8 Å². The quantitative estimate of drug-likeness (QED) is 0.503. The first-order valence-corrected chi connectivity index (χ1v) is 4.16. The molecule has 80 valence electrons. The van der Waals surface area contributed by atoms with Crippen molar-refractivity contribution < 1.29 is 24.2 Å². The van der Waals surface area contributed by atoms with Gasteiger partial charge in [0.1, 0.15) is 12.7 Å². The molecule has 0 aromatic heterocycles. The third-order valence-corrected chi connectivity index (χ3v) is 1.38. The van der Waals surface area contributed by atoms with Gasteiger partial charge in [-0.3, -0.25) is 4.79 Å². The van der Waals surface area contributed by atoms with E-state index in [-0.39, 0.29) is 18.8 Å². The summed E-state index contributed by atoms with van der Waals surface area (Å²) in [5, 5.41) is 9.29. The van der Waals surface area contributed by atoms with Gasteiger partial charge in [-0.1, -0.05) is 6.58 Å². The molecule has 0 fully saturated rings. The van der Waals surface area contributed by atoms with Gasteiger partial charge in [0.05, 0.1) is 12.2 Å². The lowest BCUT2D eigenvalue weighted by molar-refractivity contribution is -0.146. The van der Waals surface area contributed by atoms with Crippen LogP contribution in [-0.2, 0) is 19.1 Å². The second kappa shape index (κ2) is 6.15. The molecule has 1 N–H and O–H groups in total. The van der Waals surface area contributed by atoms with Crippen molar-refractivity contribution in [2.24, 2.45) is 0 Å². The summed E-state index contributed by atoms with van der Waals surface area (Å²) in [6, 6.07) is 0. The molecular formula is C9H14O5. The summed E-state index contributed by atoms with van der Waals surface area (Å²) in [5.74, 6) is -1.21. The molecule has 0 saturated carbocycles. The van der Waals surface area contributed by atoms with E-state index in [0.717, 1.165) is 0 Å². The Bertz CT molecular complexity index is 233. The van der Waals surface area contributed by atoms with Gasteiger partial charge in [0.25, 0.3) is 0 Å². The average Bonchev–Trinajstić information content (AvgIpc) is 2.13. The van der Waals surface area contributed by atoms with Crippen LogP contribution in [0.5, 0.6) is 0 Å². The Morgan fingerprint density at radius 3 is 2.43 bits per heavy atom. The molecule has 0 bridgehead atoms. The molecular weight excluding hydrogens is 188 g/mol. The lowest BCUT2D eigenvalue weighted by Gasteiger charge is -2.11. The highest BCUT2D eigenvalue weighted by Crippen LogP contribution is 2.03. The number of hydrogen-bond donors (Lipinski definition) is 1. The monoisotopic (exact) mass is 202 g/mol. The first kappa shape index (κ1) is 12.6. The van der Waals surface area contributed by atoms with E-state index in [1.807, 2.05) is 0 Å². The van der Waals surface area contributed by atoms with Crippen molar-refractivity contribution >= 4 is 11.9 Å². The second-order valence-electron chi connectivity index (χ2n) is 2.56. The lowest BCUT2D eigenvalue weighted by atomic mass is 10.2. The maximum Gasteiger partial charge on any atom is 0.336 e. The van der Waals surface area contributed by atoms with Gasteiger partial charge in [0.2, 0.25) is 0 Å². The zero-order chi connectivity index (χ0) is 11.1. The molecule has 0 amide bonds. The Labute approximate surface area is 82.3 Å². The van der Waals surface area contributed by atoms with E-state index >= 15 is 0 Å². The largest absolute Gasteiger partial charge is 0.463 e. The Hall–Kier alpha value is -1.36. The summed E-state index contributed by atoms with van der Waals surface area (Å²) in [5.41, 5.74) is -0.117. The third-order valence-electron chi connectivity index (χ3n) is 1.38. The van der Waals surface area contributed by atoms with Gasteiger partial charge in [-0.2, -0.15) is 0 Å². The average molecular weight is 202 g/mol. The fourth-order valence-electron chi connectivity index (χ4n) is 0.657. The maximum absolute atomic E-state index is 11.0. The smallest absolute Gasteiger partial charge is 0.336 e. The Balaban J connectivity index is 3.98. The summed E-state index contributed by atoms with van der Waals surface area (Å²) in [4.78, 5) is 21.4. The number of hydrogen-bond acceptors (Lipinski definition) is 5. The zero-order valence-corrected chi connectivity index (χ0v) is 8.28. The number of ether oxygens (including phenoxy) is 2. The molecule has 0 heterocycles. The number of carbonyl (C=O) groups excluding carboxylic acids is 2. The van der Waals surface area contributed by atoms with Crippen LogP contribution in [0.25, 0.3) is 0 Å². The first-order chi connectivity index (χ1) is 6.49. The summed E-state index contributed by atoms with van der Waals surface area (Å²) in [6.45, 7) is 6.11. The molecule has 5 heteroatoms. The normalized spacial score (nSPS) is 11.6. The van der Waals surface area contributed by atoms with E-state index in [1.165, 1.54) is 6.92 Å². The van der Waals surface area contributed by atoms with Crippen LogP contribution in [0.4, 0.5) is 0 Å². The Morgan fingerprint density at radius 2 is 2.00 bits per heavy atom. The lowest BCUT2D eigenvalue weighted by Crippen LogP contribution is -2.25. The van der Waals surface area contributed by atoms with Gasteiger partial charge < -0.3 is 14.6 Å². The summed E-state index contributed by atoms with van der Waals surface area (Å²) in [6.07, 6.45) is -1.21. The van der Waals surface area contributed by atoms with Crippen LogP contribution in [0.3, 0.4) is 0 Å². The highest BCUT2D eigenvalue weighted by Gasteiger charge is 2.18. The standard InChI is InChI=1S/C9H14O5/c1-4-13-9(12)6(2)8(11)5-14-7(3)10/h8,11H,2,4-5H2,1,3H3. The fraction of sp³-hybridized carbons (Fsp3) is 0.556. The molecule has 0 aliphatic rings. The SMILES string of the molecule is C=C(C(=O)OCC)C(O)COC(C)=O. The fourth-order valence-corrected chi connectivity index (χ4v) is 0.657. The molecule has 0 spiro atoms. The molecule has 1 atom stereocenters. The highest BCUT2D eigenvalue weighted by molar-refractivity contribution is 5.88. The molecule has 0 aromatic rings. The van der Waals surface area contributed by atoms with E-state index in [1.54, 1.807) is 6.92 Å². The third kappa shape index (κ3) is 4.61. The predicted octanol–water partition coefficient (Wildman–Crippen LogP) is 0.0297. The van der Waals surface area contributed by atoms with Crippen LogP contribution in [0.1, 0.15) is 13.8 Å². The Morgan fingerprint density at radius 1 is 1.43 bits per heavy atom. The van der Waals surface area contributed by atoms with Gasteiger partial charge in [0.15, 0.2) is 0 Å². The van der Waals surface area contributed by atoms with Gasteiger partial charge in [0, 0.05) is 6.92 Å². The van der Waals surface area contributed by atoms with Crippen LogP contribution in [0, 0.1) is 0 Å². The Kier molecular flexibility index (Phi) is 5.55. The van der Waals surface area contributed by atoms with E-state index in [2.05, 4.69) is 16.1 Å². The van der Waals surface area contributed by atoms with E-state index < -0.39 is 18.0 Å². The van der Waals surface area contributed by atoms with Crippen LogP contribution in [0.15, 0.2) is 12.2 Å². The predicted molar refractivity (Wildman–Crippen MR) is 48.4 cm³/mol. The molecule has 5 nitrogen and oxygen atoms in total. The van der Waals surface area contributed by atoms with Gasteiger partial charge >= 0.3 is 11.9 Å². The van der Waals surface area contributed by atoms with Crippen LogP contribution in [-0.4, -0.2) is 36.4 Å². The minimum atomic E-state index is -1.21. The molecule has 1 unspecified atom stereocenters. The van der Waals surface area contributed by atoms with Gasteiger partial charge in [-0.15, -0.1) is 0 Å². The molecule has 0 aromatic carbocycles. The summed E-state index contributed by atoms with van der Waals surface area (Å²) in [7, 11) is 0. The van der Waals surface area contributed by atoms with Crippen LogP contribution in [0.2, 0.25) is 0 Å². The van der Waals surface area contributed by atoms with E-state index in [0.29, 0.717) is 0 Å². The number of aliphatic hydroxyl groups is 1. The maximum atomic E-state index is 11.0. The van der Waals surface area contributed by atoms with E-state index in [4.69, 9.17) is 0 Å². The minimum absolute atomic E-state index is 0.117. The molecule has 14 heavy (non-hydrogen) atoms. The van der Waals surface area contributed by atoms with Crippen molar-refractivity contribution in [3.8, 4) is 0 Å². The van der Waals surface area contributed by atoms with Crippen molar-refractivity contribution in [3.63, 3.8) is 0 Å². The molecule has 0 aliphatic heterocycles. The van der Waals surface area contributed by atoms with Crippen LogP contribution >= 0.6 is 0 Å². The van der Waals surface area contributed by atoms with Crippen molar-refractivity contribution in [1.82, 2.24) is 0 Å². The van der Waals surface area contributed by atoms with Crippen molar-refractivity contribution in [3.05, 3.63) is 12.2 Å². The number of aliphatic hydroxyl groups excluding tert-OH is 1. The van der Waals surface area contributed by atoms with Gasteiger partial charge in [-0.05, 0) is 6.92 Å². The van der Waals surface area contributed by atoms with Crippen molar-refractivity contribution in [1.29, 1.82) is 0 Å². The molecule has 0 saturated heterocycles. The number of carbonyl (C=O) groups is 2. The summed E-state index contributed by atoms with van der Waals surface area (Å²) >= 11 is 0.